The van der Waals surface area contributed by atoms with Crippen LogP contribution in [-0.2, 0) is 0 Å². The number of nitrogens with two attached hydrogens (primary N) is 1. The van der Waals surface area contributed by atoms with E-state index in [-0.39, 0.29) is 6.10 Å². The van der Waals surface area contributed by atoms with Gasteiger partial charge in [-0.25, -0.2) is 9.98 Å². The fraction of sp³-hybridized carbons (Fsp3) is 0.444. The molecule has 1 aromatic heterocycles. The molecule has 1 aliphatic rings. The minimum Gasteiger partial charge on any atom is -0.497 e. The van der Waals surface area contributed by atoms with Crippen molar-refractivity contribution < 1.29 is 9.47 Å². The zero-order valence-electron chi connectivity index (χ0n) is 15.2. The summed E-state index contributed by atoms with van der Waals surface area (Å²) in [7, 11) is 1.65. The number of hydrogen-bond acceptors (Lipinski definition) is 6. The Morgan fingerprint density at radius 1 is 1.23 bits per heavy atom. The van der Waals surface area contributed by atoms with E-state index in [0.29, 0.717) is 12.5 Å². The molecule has 1 unspecified atom stereocenters. The van der Waals surface area contributed by atoms with Gasteiger partial charge >= 0.3 is 0 Å². The van der Waals surface area contributed by atoms with E-state index in [9.17, 15) is 0 Å². The van der Waals surface area contributed by atoms with Gasteiger partial charge in [0.05, 0.1) is 13.7 Å². The topological polar surface area (TPSA) is 76.2 Å². The maximum Gasteiger partial charge on any atom is 0.191 e. The molecule has 2 heterocycles. The first-order chi connectivity index (χ1) is 12.7. The van der Waals surface area contributed by atoms with Crippen molar-refractivity contribution in [1.82, 2.24) is 9.88 Å². The predicted molar refractivity (Wildman–Crippen MR) is 105 cm³/mol. The fourth-order valence-electron chi connectivity index (χ4n) is 2.74. The van der Waals surface area contributed by atoms with Crippen molar-refractivity contribution in [1.29, 1.82) is 0 Å². The minimum atomic E-state index is -0.0569. The Morgan fingerprint density at radius 2 is 1.92 bits per heavy atom. The third-order valence-corrected chi connectivity index (χ3v) is 5.03. The molecule has 1 atom stereocenters. The van der Waals surface area contributed by atoms with Crippen molar-refractivity contribution in [2.45, 2.75) is 13.0 Å². The summed E-state index contributed by atoms with van der Waals surface area (Å²) in [6.07, 6.45) is 1.78. The summed E-state index contributed by atoms with van der Waals surface area (Å²) in [5.74, 6) is 2.18. The van der Waals surface area contributed by atoms with Crippen molar-refractivity contribution in [3.63, 3.8) is 0 Å². The zero-order chi connectivity index (χ0) is 18.4. The number of hydrogen-bond donors (Lipinski definition) is 1. The van der Waals surface area contributed by atoms with Crippen LogP contribution in [0.15, 0.2) is 40.8 Å². The smallest absolute Gasteiger partial charge is 0.191 e. The van der Waals surface area contributed by atoms with Gasteiger partial charge in [0.2, 0.25) is 0 Å². The maximum atomic E-state index is 6.16. The van der Waals surface area contributed by atoms with Crippen LogP contribution in [0.1, 0.15) is 6.92 Å². The summed E-state index contributed by atoms with van der Waals surface area (Å²) in [5, 5.41) is 3.07. The number of ether oxygens (including phenoxy) is 2. The number of piperazine rings is 1. The molecule has 1 fully saturated rings. The fourth-order valence-corrected chi connectivity index (χ4v) is 3.44. The van der Waals surface area contributed by atoms with Gasteiger partial charge in [0.1, 0.15) is 17.6 Å². The molecule has 3 rings (SSSR count). The molecular weight excluding hydrogens is 350 g/mol. The highest BCUT2D eigenvalue weighted by Crippen LogP contribution is 2.19. The molecule has 0 aliphatic carbocycles. The Hall–Kier alpha value is -2.48. The molecule has 0 bridgehead atoms. The molecule has 140 valence electrons. The molecule has 1 aliphatic heterocycles. The third kappa shape index (κ3) is 4.78. The van der Waals surface area contributed by atoms with Gasteiger partial charge in [-0.1, -0.05) is 0 Å². The normalized spacial score (nSPS) is 16.5. The van der Waals surface area contributed by atoms with Crippen LogP contribution in [0.4, 0.5) is 5.13 Å². The zero-order valence-corrected chi connectivity index (χ0v) is 16.0. The van der Waals surface area contributed by atoms with Crippen molar-refractivity contribution >= 4 is 22.4 Å². The van der Waals surface area contributed by atoms with E-state index in [1.54, 1.807) is 18.4 Å². The van der Waals surface area contributed by atoms with Crippen LogP contribution in [-0.4, -0.2) is 61.8 Å². The summed E-state index contributed by atoms with van der Waals surface area (Å²) in [6.45, 7) is 6.01. The number of guanidine groups is 1. The predicted octanol–water partition coefficient (Wildman–Crippen LogP) is 2.06. The van der Waals surface area contributed by atoms with Crippen molar-refractivity contribution in [3.8, 4) is 11.5 Å². The minimum absolute atomic E-state index is 0.0569. The van der Waals surface area contributed by atoms with Crippen LogP contribution >= 0.6 is 11.3 Å². The third-order valence-electron chi connectivity index (χ3n) is 4.20. The maximum absolute atomic E-state index is 6.16. The van der Waals surface area contributed by atoms with Gasteiger partial charge in [-0.2, -0.15) is 0 Å². The van der Waals surface area contributed by atoms with E-state index in [4.69, 9.17) is 15.2 Å². The number of aliphatic imine (C=N–C) groups is 1. The summed E-state index contributed by atoms with van der Waals surface area (Å²) in [4.78, 5) is 13.3. The first-order valence-corrected chi connectivity index (χ1v) is 9.53. The lowest BCUT2D eigenvalue weighted by Gasteiger charge is -2.35. The van der Waals surface area contributed by atoms with Crippen molar-refractivity contribution in [2.24, 2.45) is 10.7 Å². The average molecular weight is 375 g/mol. The Kier molecular flexibility index (Phi) is 6.17. The van der Waals surface area contributed by atoms with Gasteiger partial charge in [-0.05, 0) is 31.2 Å². The number of methoxy groups -OCH3 is 1. The summed E-state index contributed by atoms with van der Waals surface area (Å²) in [6, 6.07) is 7.53. The van der Waals surface area contributed by atoms with Gasteiger partial charge in [0, 0.05) is 37.8 Å². The lowest BCUT2D eigenvalue weighted by atomic mass is 10.3. The molecule has 1 aromatic carbocycles. The van der Waals surface area contributed by atoms with Crippen molar-refractivity contribution in [3.05, 3.63) is 35.8 Å². The van der Waals surface area contributed by atoms with Gasteiger partial charge in [0.25, 0.3) is 0 Å². The molecule has 0 spiro atoms. The van der Waals surface area contributed by atoms with Crippen LogP contribution in [0, 0.1) is 0 Å². The van der Waals surface area contributed by atoms with Crippen LogP contribution in [0.3, 0.4) is 0 Å². The Labute approximate surface area is 158 Å². The Bertz CT molecular complexity index is 697. The lowest BCUT2D eigenvalue weighted by molar-refractivity contribution is 0.229. The molecule has 0 amide bonds. The quantitative estimate of drug-likeness (QED) is 0.615. The van der Waals surface area contributed by atoms with Gasteiger partial charge in [-0.3, -0.25) is 0 Å². The van der Waals surface area contributed by atoms with Crippen LogP contribution in [0.2, 0.25) is 0 Å². The van der Waals surface area contributed by atoms with Crippen LogP contribution in [0.5, 0.6) is 11.5 Å². The van der Waals surface area contributed by atoms with Crippen LogP contribution < -0.4 is 20.1 Å². The molecule has 8 heteroatoms. The largest absolute Gasteiger partial charge is 0.497 e. The highest BCUT2D eigenvalue weighted by Gasteiger charge is 2.20. The standard InChI is InChI=1S/C18H25N5O2S/c1-14(25-16-5-3-15(24-2)4-6-16)13-21-17(19)22-8-10-23(11-9-22)18-20-7-12-26-18/h3-7,12,14H,8-11,13H2,1-2H3,(H2,19,21). The first kappa shape index (κ1) is 18.3. The van der Waals surface area contributed by atoms with E-state index in [2.05, 4.69) is 19.8 Å². The van der Waals surface area contributed by atoms with E-state index in [1.165, 1.54) is 0 Å². The van der Waals surface area contributed by atoms with Gasteiger partial charge < -0.3 is 25.0 Å². The number of benzene rings is 1. The molecule has 7 nitrogen and oxygen atoms in total. The molecule has 0 saturated carbocycles. The summed E-state index contributed by atoms with van der Waals surface area (Å²) in [5.41, 5.74) is 6.16. The lowest BCUT2D eigenvalue weighted by Crippen LogP contribution is -2.51. The van der Waals surface area contributed by atoms with Crippen molar-refractivity contribution in [2.75, 3.05) is 44.7 Å². The molecule has 2 N–H and O–H groups in total. The van der Waals surface area contributed by atoms with E-state index >= 15 is 0 Å². The van der Waals surface area contributed by atoms with Crippen LogP contribution in [0.25, 0.3) is 0 Å². The second-order valence-electron chi connectivity index (χ2n) is 6.09. The van der Waals surface area contributed by atoms with E-state index in [0.717, 1.165) is 42.8 Å². The second-order valence-corrected chi connectivity index (χ2v) is 6.96. The number of thiazole rings is 1. The van der Waals surface area contributed by atoms with Gasteiger partial charge in [0.15, 0.2) is 11.1 Å². The molecule has 1 saturated heterocycles. The Balaban J connectivity index is 1.45. The molecular formula is C18H25N5O2S. The summed E-state index contributed by atoms with van der Waals surface area (Å²) >= 11 is 1.67. The average Bonchev–Trinajstić information content (AvgIpc) is 3.21. The molecule has 26 heavy (non-hydrogen) atoms. The molecule has 2 aromatic rings. The number of nitrogens with zero attached hydrogens (tertiary/aromatic N) is 4. The van der Waals surface area contributed by atoms with E-state index < -0.39 is 0 Å². The highest BCUT2D eigenvalue weighted by atomic mass is 32.1. The molecule has 0 radical (unpaired) electrons. The van der Waals surface area contributed by atoms with E-state index in [1.807, 2.05) is 42.8 Å². The number of rotatable bonds is 6. The Morgan fingerprint density at radius 3 is 2.54 bits per heavy atom. The van der Waals surface area contributed by atoms with Gasteiger partial charge in [-0.15, -0.1) is 11.3 Å². The SMILES string of the molecule is COc1ccc(OC(C)CN=C(N)N2CCN(c3nccs3)CC2)cc1. The highest BCUT2D eigenvalue weighted by molar-refractivity contribution is 7.13. The summed E-state index contributed by atoms with van der Waals surface area (Å²) < 4.78 is 11.0. The number of aromatic nitrogens is 1. The monoisotopic (exact) mass is 375 g/mol. The number of anilines is 1. The second kappa shape index (κ2) is 8.75. The first-order valence-electron chi connectivity index (χ1n) is 8.65.